The number of benzene rings is 1. The van der Waals surface area contributed by atoms with E-state index in [2.05, 4.69) is 15.1 Å². The summed E-state index contributed by atoms with van der Waals surface area (Å²) in [4.78, 5) is 20.3. The van der Waals surface area contributed by atoms with Crippen LogP contribution in [0.1, 0.15) is 16.3 Å². The van der Waals surface area contributed by atoms with Gasteiger partial charge in [-0.1, -0.05) is 35.5 Å². The van der Waals surface area contributed by atoms with E-state index in [0.29, 0.717) is 28.4 Å². The number of thioether (sulfide) groups is 1. The van der Waals surface area contributed by atoms with Crippen molar-refractivity contribution < 1.29 is 9.32 Å². The Bertz CT molecular complexity index is 801. The molecule has 7 heteroatoms. The number of primary amides is 1. The highest BCUT2D eigenvalue weighted by Gasteiger charge is 2.20. The molecule has 3 rings (SSSR count). The highest BCUT2D eigenvalue weighted by Crippen LogP contribution is 2.28. The summed E-state index contributed by atoms with van der Waals surface area (Å²) in [6.07, 6.45) is 1.96. The molecule has 0 unspecified atom stereocenters. The van der Waals surface area contributed by atoms with Gasteiger partial charge in [0.15, 0.2) is 5.69 Å². The molecule has 0 radical (unpaired) electrons. The molecule has 106 valence electrons. The van der Waals surface area contributed by atoms with E-state index >= 15 is 0 Å². The Hall–Kier alpha value is -2.41. The van der Waals surface area contributed by atoms with Crippen molar-refractivity contribution in [3.8, 4) is 11.3 Å². The molecule has 0 saturated heterocycles. The number of nitrogens with zero attached hydrogens (tertiary/aromatic N) is 3. The molecule has 6 nitrogen and oxygen atoms in total. The molecule has 2 heterocycles. The van der Waals surface area contributed by atoms with Crippen LogP contribution in [0.4, 0.5) is 0 Å². The van der Waals surface area contributed by atoms with Crippen LogP contribution in [0.15, 0.2) is 34.9 Å². The van der Waals surface area contributed by atoms with Gasteiger partial charge in [0.05, 0.1) is 5.75 Å². The molecule has 3 aromatic rings. The Morgan fingerprint density at radius 1 is 1.29 bits per heavy atom. The van der Waals surface area contributed by atoms with Crippen LogP contribution in [-0.4, -0.2) is 27.3 Å². The van der Waals surface area contributed by atoms with Crippen molar-refractivity contribution in [2.24, 2.45) is 5.73 Å². The molecule has 0 aliphatic carbocycles. The Balaban J connectivity index is 2.29. The van der Waals surface area contributed by atoms with Crippen molar-refractivity contribution >= 4 is 28.8 Å². The number of amides is 1. The highest BCUT2D eigenvalue weighted by molar-refractivity contribution is 7.97. The molecule has 0 fully saturated rings. The number of carbonyl (C=O) groups is 1. The largest absolute Gasteiger partial charge is 0.364 e. The highest BCUT2D eigenvalue weighted by atomic mass is 32.2. The maximum Gasteiger partial charge on any atom is 0.273 e. The van der Waals surface area contributed by atoms with Gasteiger partial charge in [-0.25, -0.2) is 9.97 Å². The maximum absolute atomic E-state index is 11.4. The molecular weight excluding hydrogens is 288 g/mol. The third-order valence-electron chi connectivity index (χ3n) is 2.92. The van der Waals surface area contributed by atoms with Crippen LogP contribution in [0.3, 0.4) is 0 Å². The maximum atomic E-state index is 11.4. The molecule has 0 spiro atoms. The summed E-state index contributed by atoms with van der Waals surface area (Å²) in [6.45, 7) is 0. The Morgan fingerprint density at radius 2 is 2.05 bits per heavy atom. The SMILES string of the molecule is CSCc1nc(-c2ccccc2)c2onc(C(N)=O)c2n1. The van der Waals surface area contributed by atoms with Gasteiger partial charge in [0.2, 0.25) is 5.58 Å². The summed E-state index contributed by atoms with van der Waals surface area (Å²) in [6, 6.07) is 9.56. The first kappa shape index (κ1) is 13.6. The Kier molecular flexibility index (Phi) is 3.57. The van der Waals surface area contributed by atoms with Gasteiger partial charge >= 0.3 is 0 Å². The fraction of sp³-hybridized carbons (Fsp3) is 0.143. The summed E-state index contributed by atoms with van der Waals surface area (Å²) in [7, 11) is 0. The van der Waals surface area contributed by atoms with Crippen molar-refractivity contribution in [2.75, 3.05) is 6.26 Å². The first-order valence-corrected chi connectivity index (χ1v) is 7.60. The third kappa shape index (κ3) is 2.47. The molecule has 0 atom stereocenters. The monoisotopic (exact) mass is 300 g/mol. The predicted molar refractivity (Wildman–Crippen MR) is 80.8 cm³/mol. The molecule has 0 aliphatic rings. The van der Waals surface area contributed by atoms with Crippen molar-refractivity contribution in [1.82, 2.24) is 15.1 Å². The van der Waals surface area contributed by atoms with E-state index in [1.807, 2.05) is 36.6 Å². The second-order valence-corrected chi connectivity index (χ2v) is 5.23. The average Bonchev–Trinajstić information content (AvgIpc) is 2.91. The Morgan fingerprint density at radius 3 is 2.71 bits per heavy atom. The number of aromatic nitrogens is 3. The first-order valence-electron chi connectivity index (χ1n) is 6.21. The van der Waals surface area contributed by atoms with Gasteiger partial charge < -0.3 is 10.3 Å². The van der Waals surface area contributed by atoms with Crippen molar-refractivity contribution in [3.05, 3.63) is 41.9 Å². The number of fused-ring (bicyclic) bond motifs is 1. The van der Waals surface area contributed by atoms with Crippen molar-refractivity contribution in [2.45, 2.75) is 5.75 Å². The molecule has 2 aromatic heterocycles. The fourth-order valence-corrected chi connectivity index (χ4v) is 2.41. The number of hydrogen-bond donors (Lipinski definition) is 1. The molecule has 2 N–H and O–H groups in total. The number of carbonyl (C=O) groups excluding carboxylic acids is 1. The van der Waals surface area contributed by atoms with Gasteiger partial charge in [-0.3, -0.25) is 4.79 Å². The number of hydrogen-bond acceptors (Lipinski definition) is 6. The van der Waals surface area contributed by atoms with Crippen LogP contribution in [0.5, 0.6) is 0 Å². The topological polar surface area (TPSA) is 94.9 Å². The minimum Gasteiger partial charge on any atom is -0.364 e. The first-order chi connectivity index (χ1) is 10.2. The van der Waals surface area contributed by atoms with Crippen molar-refractivity contribution in [1.29, 1.82) is 0 Å². The smallest absolute Gasteiger partial charge is 0.273 e. The lowest BCUT2D eigenvalue weighted by Gasteiger charge is -2.04. The summed E-state index contributed by atoms with van der Waals surface area (Å²) >= 11 is 1.59. The normalized spacial score (nSPS) is 10.9. The molecular formula is C14H12N4O2S. The van der Waals surface area contributed by atoms with E-state index < -0.39 is 5.91 Å². The number of nitrogens with two attached hydrogens (primary N) is 1. The van der Waals surface area contributed by atoms with Gasteiger partial charge in [-0.15, -0.1) is 0 Å². The summed E-state index contributed by atoms with van der Waals surface area (Å²) in [5.41, 5.74) is 7.57. The zero-order chi connectivity index (χ0) is 14.8. The van der Waals surface area contributed by atoms with Gasteiger partial charge in [-0.2, -0.15) is 11.8 Å². The summed E-state index contributed by atoms with van der Waals surface area (Å²) in [5.74, 6) is 0.570. The van der Waals surface area contributed by atoms with Gasteiger partial charge in [-0.05, 0) is 6.26 Å². The van der Waals surface area contributed by atoms with E-state index in [-0.39, 0.29) is 5.69 Å². The number of rotatable bonds is 4. The van der Waals surface area contributed by atoms with E-state index in [0.717, 1.165) is 5.56 Å². The van der Waals surface area contributed by atoms with Crippen LogP contribution >= 0.6 is 11.8 Å². The minimum absolute atomic E-state index is 0.0342. The van der Waals surface area contributed by atoms with Crippen LogP contribution in [0, 0.1) is 0 Å². The van der Waals surface area contributed by atoms with Crippen LogP contribution < -0.4 is 5.73 Å². The molecule has 0 aliphatic heterocycles. The average molecular weight is 300 g/mol. The quantitative estimate of drug-likeness (QED) is 0.794. The van der Waals surface area contributed by atoms with E-state index in [1.165, 1.54) is 0 Å². The molecule has 1 amide bonds. The van der Waals surface area contributed by atoms with Gasteiger partial charge in [0.1, 0.15) is 17.0 Å². The van der Waals surface area contributed by atoms with Crippen LogP contribution in [0.25, 0.3) is 22.4 Å². The molecule has 0 saturated carbocycles. The predicted octanol–water partition coefficient (Wildman–Crippen LogP) is 2.25. The van der Waals surface area contributed by atoms with Crippen LogP contribution in [-0.2, 0) is 5.75 Å². The molecule has 21 heavy (non-hydrogen) atoms. The van der Waals surface area contributed by atoms with E-state index in [9.17, 15) is 4.79 Å². The van der Waals surface area contributed by atoms with Crippen molar-refractivity contribution in [3.63, 3.8) is 0 Å². The molecule has 1 aromatic carbocycles. The lowest BCUT2D eigenvalue weighted by atomic mass is 10.1. The Labute approximate surface area is 124 Å². The second kappa shape index (κ2) is 5.53. The van der Waals surface area contributed by atoms with E-state index in [4.69, 9.17) is 10.3 Å². The lowest BCUT2D eigenvalue weighted by molar-refractivity contribution is 0.0993. The van der Waals surface area contributed by atoms with Gasteiger partial charge in [0, 0.05) is 5.56 Å². The van der Waals surface area contributed by atoms with Gasteiger partial charge in [0.25, 0.3) is 5.91 Å². The van der Waals surface area contributed by atoms with E-state index in [1.54, 1.807) is 11.8 Å². The zero-order valence-corrected chi connectivity index (χ0v) is 12.1. The second-order valence-electron chi connectivity index (χ2n) is 4.36. The summed E-state index contributed by atoms with van der Waals surface area (Å²) in [5, 5.41) is 3.72. The third-order valence-corrected chi connectivity index (χ3v) is 3.47. The summed E-state index contributed by atoms with van der Waals surface area (Å²) < 4.78 is 5.25. The standard InChI is InChI=1S/C14H12N4O2S/c1-21-7-9-16-10(8-5-3-2-4-6-8)13-11(17-9)12(14(15)19)18-20-13/h2-6H,7H2,1H3,(H2,15,19). The fourth-order valence-electron chi connectivity index (χ4n) is 2.03. The molecule has 0 bridgehead atoms. The lowest BCUT2D eigenvalue weighted by Crippen LogP contribution is -2.12. The van der Waals surface area contributed by atoms with Crippen LogP contribution in [0.2, 0.25) is 0 Å². The zero-order valence-electron chi connectivity index (χ0n) is 11.2. The minimum atomic E-state index is -0.665.